The topological polar surface area (TPSA) is 50.4 Å². The van der Waals surface area contributed by atoms with Gasteiger partial charge < -0.3 is 15.4 Å². The summed E-state index contributed by atoms with van der Waals surface area (Å²) in [6, 6.07) is 11.1. The molecule has 0 unspecified atom stereocenters. The largest absolute Gasteiger partial charge is 0.496 e. The fraction of sp³-hybridized carbons (Fsp3) is 0.188. The Kier molecular flexibility index (Phi) is 4.77. The smallest absolute Gasteiger partial charge is 0.319 e. The Labute approximate surface area is 122 Å². The van der Waals surface area contributed by atoms with Crippen molar-refractivity contribution < 1.29 is 13.9 Å². The van der Waals surface area contributed by atoms with Gasteiger partial charge in [-0.05, 0) is 48.4 Å². The highest BCUT2D eigenvalue weighted by molar-refractivity contribution is 5.89. The standard InChI is InChI=1S/C16H17FN2O2/c1-11-9-14(7-8-15(11)21-2)19-16(20)18-10-12-3-5-13(17)6-4-12/h3-9H,10H2,1-2H3,(H2,18,19,20). The molecule has 4 nitrogen and oxygen atoms in total. The lowest BCUT2D eigenvalue weighted by Crippen LogP contribution is -2.28. The van der Waals surface area contributed by atoms with E-state index in [0.29, 0.717) is 12.2 Å². The molecule has 0 fully saturated rings. The summed E-state index contributed by atoms with van der Waals surface area (Å²) in [5.41, 5.74) is 2.45. The molecule has 2 rings (SSSR count). The van der Waals surface area contributed by atoms with Crippen LogP contribution in [0.3, 0.4) is 0 Å². The molecule has 2 aromatic carbocycles. The van der Waals surface area contributed by atoms with Gasteiger partial charge in [-0.25, -0.2) is 9.18 Å². The molecule has 5 heteroatoms. The van der Waals surface area contributed by atoms with Crippen LogP contribution in [0.25, 0.3) is 0 Å². The van der Waals surface area contributed by atoms with Crippen LogP contribution in [-0.4, -0.2) is 13.1 Å². The number of nitrogens with one attached hydrogen (secondary N) is 2. The summed E-state index contributed by atoms with van der Waals surface area (Å²) in [5, 5.41) is 5.45. The average Bonchev–Trinajstić information content (AvgIpc) is 2.47. The average molecular weight is 288 g/mol. The Balaban J connectivity index is 1.89. The number of carbonyl (C=O) groups excluding carboxylic acids is 1. The second-order valence-electron chi connectivity index (χ2n) is 4.62. The highest BCUT2D eigenvalue weighted by Gasteiger charge is 2.04. The number of aryl methyl sites for hydroxylation is 1. The van der Waals surface area contributed by atoms with E-state index >= 15 is 0 Å². The lowest BCUT2D eigenvalue weighted by molar-refractivity contribution is 0.251. The van der Waals surface area contributed by atoms with Crippen LogP contribution in [0.4, 0.5) is 14.9 Å². The zero-order chi connectivity index (χ0) is 15.2. The van der Waals surface area contributed by atoms with Crippen LogP contribution >= 0.6 is 0 Å². The minimum absolute atomic E-state index is 0.295. The number of hydrogen-bond donors (Lipinski definition) is 2. The fourth-order valence-corrected chi connectivity index (χ4v) is 1.92. The number of benzene rings is 2. The molecule has 0 spiro atoms. The van der Waals surface area contributed by atoms with Gasteiger partial charge in [0.05, 0.1) is 7.11 Å². The summed E-state index contributed by atoms with van der Waals surface area (Å²) in [6.45, 7) is 2.24. The summed E-state index contributed by atoms with van der Waals surface area (Å²) < 4.78 is 17.9. The Morgan fingerprint density at radius 3 is 2.52 bits per heavy atom. The zero-order valence-corrected chi connectivity index (χ0v) is 11.9. The summed E-state index contributed by atoms with van der Waals surface area (Å²) in [4.78, 5) is 11.8. The Morgan fingerprint density at radius 1 is 1.19 bits per heavy atom. The maximum Gasteiger partial charge on any atom is 0.319 e. The molecule has 2 N–H and O–H groups in total. The molecule has 2 amide bonds. The van der Waals surface area contributed by atoms with Crippen LogP contribution in [0.15, 0.2) is 42.5 Å². The van der Waals surface area contributed by atoms with Crippen LogP contribution in [0.2, 0.25) is 0 Å². The SMILES string of the molecule is COc1ccc(NC(=O)NCc2ccc(F)cc2)cc1C. The number of urea groups is 1. The molecule has 0 bridgehead atoms. The third kappa shape index (κ3) is 4.21. The highest BCUT2D eigenvalue weighted by atomic mass is 19.1. The first-order chi connectivity index (χ1) is 10.1. The molecule has 110 valence electrons. The molecule has 0 radical (unpaired) electrons. The van der Waals surface area contributed by atoms with Crippen molar-refractivity contribution in [1.82, 2.24) is 5.32 Å². The minimum Gasteiger partial charge on any atom is -0.496 e. The normalized spacial score (nSPS) is 10.0. The third-order valence-electron chi connectivity index (χ3n) is 3.02. The molecule has 0 saturated carbocycles. The van der Waals surface area contributed by atoms with Crippen molar-refractivity contribution in [2.75, 3.05) is 12.4 Å². The van der Waals surface area contributed by atoms with E-state index in [4.69, 9.17) is 4.74 Å². The van der Waals surface area contributed by atoms with Gasteiger partial charge in [0, 0.05) is 12.2 Å². The van der Waals surface area contributed by atoms with Gasteiger partial charge in [-0.3, -0.25) is 0 Å². The molecule has 21 heavy (non-hydrogen) atoms. The van der Waals surface area contributed by atoms with Crippen LogP contribution in [0, 0.1) is 12.7 Å². The van der Waals surface area contributed by atoms with Gasteiger partial charge in [-0.1, -0.05) is 12.1 Å². The van der Waals surface area contributed by atoms with Crippen molar-refractivity contribution in [2.24, 2.45) is 0 Å². The van der Waals surface area contributed by atoms with Crippen LogP contribution < -0.4 is 15.4 Å². The quantitative estimate of drug-likeness (QED) is 0.905. The van der Waals surface area contributed by atoms with Gasteiger partial charge in [0.2, 0.25) is 0 Å². The summed E-state index contributed by atoms with van der Waals surface area (Å²) >= 11 is 0. The molecule has 0 atom stereocenters. The molecular formula is C16H17FN2O2. The monoisotopic (exact) mass is 288 g/mol. The second kappa shape index (κ2) is 6.74. The highest BCUT2D eigenvalue weighted by Crippen LogP contribution is 2.21. The van der Waals surface area contributed by atoms with Gasteiger partial charge in [0.1, 0.15) is 11.6 Å². The van der Waals surface area contributed by atoms with Gasteiger partial charge >= 0.3 is 6.03 Å². The Morgan fingerprint density at radius 2 is 1.90 bits per heavy atom. The number of ether oxygens (including phenoxy) is 1. The van der Waals surface area contributed by atoms with Crippen molar-refractivity contribution in [1.29, 1.82) is 0 Å². The summed E-state index contributed by atoms with van der Waals surface area (Å²) in [5.74, 6) is 0.476. The molecule has 0 aromatic heterocycles. The lowest BCUT2D eigenvalue weighted by Gasteiger charge is -2.10. The molecule has 0 aliphatic carbocycles. The number of amides is 2. The predicted molar refractivity (Wildman–Crippen MR) is 80.0 cm³/mol. The van der Waals surface area contributed by atoms with Crippen molar-refractivity contribution in [3.8, 4) is 5.75 Å². The van der Waals surface area contributed by atoms with Crippen LogP contribution in [0.1, 0.15) is 11.1 Å². The van der Waals surface area contributed by atoms with E-state index in [1.807, 2.05) is 13.0 Å². The molecule has 0 aliphatic heterocycles. The first kappa shape index (κ1) is 14.8. The number of rotatable bonds is 4. The van der Waals surface area contributed by atoms with Crippen molar-refractivity contribution >= 4 is 11.7 Å². The zero-order valence-electron chi connectivity index (χ0n) is 11.9. The van der Waals surface area contributed by atoms with Crippen LogP contribution in [-0.2, 0) is 6.54 Å². The number of methoxy groups -OCH3 is 1. The van der Waals surface area contributed by atoms with E-state index < -0.39 is 0 Å². The maximum atomic E-state index is 12.8. The van der Waals surface area contributed by atoms with Crippen molar-refractivity contribution in [3.05, 3.63) is 59.4 Å². The van der Waals surface area contributed by atoms with Crippen molar-refractivity contribution in [2.45, 2.75) is 13.5 Å². The molecule has 0 heterocycles. The number of hydrogen-bond acceptors (Lipinski definition) is 2. The van der Waals surface area contributed by atoms with Crippen molar-refractivity contribution in [3.63, 3.8) is 0 Å². The van der Waals surface area contributed by atoms with Gasteiger partial charge in [0.25, 0.3) is 0 Å². The first-order valence-corrected chi connectivity index (χ1v) is 6.52. The van der Waals surface area contributed by atoms with E-state index in [1.165, 1.54) is 12.1 Å². The number of carbonyl (C=O) groups is 1. The van der Waals surface area contributed by atoms with E-state index in [1.54, 1.807) is 31.4 Å². The lowest BCUT2D eigenvalue weighted by atomic mass is 10.2. The Hall–Kier alpha value is -2.56. The van der Waals surface area contributed by atoms with E-state index in [-0.39, 0.29) is 11.8 Å². The van der Waals surface area contributed by atoms with E-state index in [9.17, 15) is 9.18 Å². The van der Waals surface area contributed by atoms with E-state index in [2.05, 4.69) is 10.6 Å². The molecule has 0 aliphatic rings. The minimum atomic E-state index is -0.316. The third-order valence-corrected chi connectivity index (χ3v) is 3.02. The Bertz CT molecular complexity index is 627. The summed E-state index contributed by atoms with van der Waals surface area (Å²) in [6.07, 6.45) is 0. The van der Waals surface area contributed by atoms with Gasteiger partial charge in [0.15, 0.2) is 0 Å². The number of halogens is 1. The maximum absolute atomic E-state index is 12.8. The van der Waals surface area contributed by atoms with Crippen LogP contribution in [0.5, 0.6) is 5.75 Å². The fourth-order valence-electron chi connectivity index (χ4n) is 1.92. The predicted octanol–water partition coefficient (Wildman–Crippen LogP) is 3.46. The molecule has 2 aromatic rings. The van der Waals surface area contributed by atoms with Gasteiger partial charge in [-0.2, -0.15) is 0 Å². The number of anilines is 1. The summed E-state index contributed by atoms with van der Waals surface area (Å²) in [7, 11) is 1.60. The van der Waals surface area contributed by atoms with Gasteiger partial charge in [-0.15, -0.1) is 0 Å². The molecule has 0 saturated heterocycles. The van der Waals surface area contributed by atoms with E-state index in [0.717, 1.165) is 16.9 Å². The first-order valence-electron chi connectivity index (χ1n) is 6.52. The molecular weight excluding hydrogens is 271 g/mol. The second-order valence-corrected chi connectivity index (χ2v) is 4.62.